The SMILES string of the molecule is CC1CC(C)C2CCC(=O)OC2CC1C. The summed E-state index contributed by atoms with van der Waals surface area (Å²) in [6.45, 7) is 6.95. The van der Waals surface area contributed by atoms with Gasteiger partial charge in [-0.15, -0.1) is 0 Å². The summed E-state index contributed by atoms with van der Waals surface area (Å²) in [6.07, 6.45) is 4.25. The molecule has 1 saturated heterocycles. The summed E-state index contributed by atoms with van der Waals surface area (Å²) in [4.78, 5) is 11.3. The van der Waals surface area contributed by atoms with Crippen LogP contribution in [0, 0.1) is 23.7 Å². The minimum Gasteiger partial charge on any atom is -0.462 e. The summed E-state index contributed by atoms with van der Waals surface area (Å²) in [5.41, 5.74) is 0. The van der Waals surface area contributed by atoms with Gasteiger partial charge in [0.25, 0.3) is 0 Å². The third-order valence-corrected chi connectivity index (χ3v) is 4.49. The molecule has 5 atom stereocenters. The van der Waals surface area contributed by atoms with E-state index in [1.165, 1.54) is 6.42 Å². The van der Waals surface area contributed by atoms with Crippen LogP contribution >= 0.6 is 0 Å². The molecule has 15 heavy (non-hydrogen) atoms. The zero-order chi connectivity index (χ0) is 11.0. The van der Waals surface area contributed by atoms with E-state index in [0.29, 0.717) is 24.2 Å². The molecule has 0 amide bonds. The van der Waals surface area contributed by atoms with Gasteiger partial charge in [0.2, 0.25) is 0 Å². The van der Waals surface area contributed by atoms with E-state index in [4.69, 9.17) is 4.74 Å². The zero-order valence-electron chi connectivity index (χ0n) is 10.0. The lowest BCUT2D eigenvalue weighted by Gasteiger charge is -2.33. The molecule has 2 rings (SSSR count). The van der Waals surface area contributed by atoms with Crippen molar-refractivity contribution in [1.29, 1.82) is 0 Å². The molecule has 0 spiro atoms. The van der Waals surface area contributed by atoms with Crippen LogP contribution in [0.3, 0.4) is 0 Å². The summed E-state index contributed by atoms with van der Waals surface area (Å²) < 4.78 is 5.52. The topological polar surface area (TPSA) is 26.3 Å². The number of ether oxygens (including phenoxy) is 1. The van der Waals surface area contributed by atoms with E-state index in [2.05, 4.69) is 20.8 Å². The molecule has 0 N–H and O–H groups in total. The molecule has 0 radical (unpaired) electrons. The Morgan fingerprint density at radius 3 is 2.47 bits per heavy atom. The maximum atomic E-state index is 11.3. The molecule has 2 fully saturated rings. The Morgan fingerprint density at radius 1 is 1.07 bits per heavy atom. The molecule has 2 heteroatoms. The Labute approximate surface area is 92.4 Å². The maximum Gasteiger partial charge on any atom is 0.306 e. The standard InChI is InChI=1S/C13H22O2/c1-8-6-10(3)11-4-5-13(14)15-12(11)7-9(8)2/h8-12H,4-7H2,1-3H3. The van der Waals surface area contributed by atoms with E-state index in [1.54, 1.807) is 0 Å². The molecule has 1 aliphatic heterocycles. The number of esters is 1. The Bertz CT molecular complexity index is 249. The monoisotopic (exact) mass is 210 g/mol. The third kappa shape index (κ3) is 2.19. The van der Waals surface area contributed by atoms with Crippen molar-refractivity contribution in [3.05, 3.63) is 0 Å². The normalized spacial score (nSPS) is 46.6. The van der Waals surface area contributed by atoms with Gasteiger partial charge in [-0.1, -0.05) is 20.8 Å². The van der Waals surface area contributed by atoms with Crippen molar-refractivity contribution in [3.8, 4) is 0 Å². The average molecular weight is 210 g/mol. The van der Waals surface area contributed by atoms with E-state index in [1.807, 2.05) is 0 Å². The molecule has 0 aromatic carbocycles. The molecule has 2 nitrogen and oxygen atoms in total. The highest BCUT2D eigenvalue weighted by molar-refractivity contribution is 5.70. The van der Waals surface area contributed by atoms with E-state index < -0.39 is 0 Å². The second-order valence-electron chi connectivity index (χ2n) is 5.63. The van der Waals surface area contributed by atoms with Gasteiger partial charge in [-0.25, -0.2) is 0 Å². The number of carbonyl (C=O) groups excluding carboxylic acids is 1. The molecule has 0 aromatic heterocycles. The first-order valence-corrected chi connectivity index (χ1v) is 6.27. The first kappa shape index (κ1) is 11.0. The number of hydrogen-bond acceptors (Lipinski definition) is 2. The van der Waals surface area contributed by atoms with Gasteiger partial charge in [0.15, 0.2) is 0 Å². The second kappa shape index (κ2) is 4.15. The van der Waals surface area contributed by atoms with Crippen LogP contribution in [0.2, 0.25) is 0 Å². The molecule has 1 saturated carbocycles. The summed E-state index contributed by atoms with van der Waals surface area (Å²) in [5.74, 6) is 2.81. The number of carbonyl (C=O) groups is 1. The predicted molar refractivity (Wildman–Crippen MR) is 59.3 cm³/mol. The van der Waals surface area contributed by atoms with Gasteiger partial charge in [-0.2, -0.15) is 0 Å². The van der Waals surface area contributed by atoms with Gasteiger partial charge in [-0.3, -0.25) is 4.79 Å². The first-order valence-electron chi connectivity index (χ1n) is 6.27. The molecule has 0 bridgehead atoms. The van der Waals surface area contributed by atoms with Crippen molar-refractivity contribution in [2.45, 2.75) is 52.6 Å². The van der Waals surface area contributed by atoms with Crippen molar-refractivity contribution in [2.75, 3.05) is 0 Å². The molecule has 86 valence electrons. The number of fused-ring (bicyclic) bond motifs is 1. The Hall–Kier alpha value is -0.530. The lowest BCUT2D eigenvalue weighted by molar-refractivity contribution is -0.160. The van der Waals surface area contributed by atoms with Crippen molar-refractivity contribution >= 4 is 5.97 Å². The summed E-state index contributed by atoms with van der Waals surface area (Å²) >= 11 is 0. The maximum absolute atomic E-state index is 11.3. The number of rotatable bonds is 0. The van der Waals surface area contributed by atoms with Gasteiger partial charge in [0.05, 0.1) is 0 Å². The highest BCUT2D eigenvalue weighted by Crippen LogP contribution is 2.40. The van der Waals surface area contributed by atoms with E-state index >= 15 is 0 Å². The second-order valence-corrected chi connectivity index (χ2v) is 5.63. The van der Waals surface area contributed by atoms with Crippen LogP contribution < -0.4 is 0 Å². The van der Waals surface area contributed by atoms with Gasteiger partial charge >= 0.3 is 5.97 Å². The molecular formula is C13H22O2. The summed E-state index contributed by atoms with van der Waals surface area (Å²) in [6, 6.07) is 0. The predicted octanol–water partition coefficient (Wildman–Crippen LogP) is 3.01. The van der Waals surface area contributed by atoms with E-state index in [-0.39, 0.29) is 12.1 Å². The van der Waals surface area contributed by atoms with Crippen LogP contribution in [-0.4, -0.2) is 12.1 Å². The van der Waals surface area contributed by atoms with Gasteiger partial charge < -0.3 is 4.74 Å². The van der Waals surface area contributed by atoms with Crippen LogP contribution in [0.1, 0.15) is 46.5 Å². The van der Waals surface area contributed by atoms with Crippen LogP contribution in [0.25, 0.3) is 0 Å². The minimum atomic E-state index is 0.0187. The van der Waals surface area contributed by atoms with Crippen LogP contribution in [0.5, 0.6) is 0 Å². The van der Waals surface area contributed by atoms with Crippen LogP contribution in [-0.2, 0) is 9.53 Å². The van der Waals surface area contributed by atoms with Crippen LogP contribution in [0.4, 0.5) is 0 Å². The minimum absolute atomic E-state index is 0.0187. The molecule has 0 aromatic rings. The zero-order valence-corrected chi connectivity index (χ0v) is 10.0. The lowest BCUT2D eigenvalue weighted by atomic mass is 9.82. The fourth-order valence-electron chi connectivity index (χ4n) is 3.25. The molecule has 2 aliphatic rings. The van der Waals surface area contributed by atoms with Crippen molar-refractivity contribution in [3.63, 3.8) is 0 Å². The van der Waals surface area contributed by atoms with Crippen molar-refractivity contribution < 1.29 is 9.53 Å². The quantitative estimate of drug-likeness (QED) is 0.574. The van der Waals surface area contributed by atoms with Crippen molar-refractivity contribution in [2.24, 2.45) is 23.7 Å². The van der Waals surface area contributed by atoms with Crippen molar-refractivity contribution in [1.82, 2.24) is 0 Å². The third-order valence-electron chi connectivity index (χ3n) is 4.49. The van der Waals surface area contributed by atoms with Gasteiger partial charge in [0.1, 0.15) is 6.10 Å². The Balaban J connectivity index is 2.13. The lowest BCUT2D eigenvalue weighted by Crippen LogP contribution is -2.35. The molecule has 1 aliphatic carbocycles. The highest BCUT2D eigenvalue weighted by atomic mass is 16.5. The largest absolute Gasteiger partial charge is 0.462 e. The summed E-state index contributed by atoms with van der Waals surface area (Å²) in [7, 11) is 0. The number of hydrogen-bond donors (Lipinski definition) is 0. The molecule has 1 heterocycles. The highest BCUT2D eigenvalue weighted by Gasteiger charge is 2.39. The Morgan fingerprint density at radius 2 is 1.73 bits per heavy atom. The van der Waals surface area contributed by atoms with Crippen LogP contribution in [0.15, 0.2) is 0 Å². The van der Waals surface area contributed by atoms with Gasteiger partial charge in [-0.05, 0) is 42.9 Å². The molecule has 5 unspecified atom stereocenters. The Kier molecular flexibility index (Phi) is 3.03. The van der Waals surface area contributed by atoms with E-state index in [0.717, 1.165) is 18.8 Å². The fourth-order valence-corrected chi connectivity index (χ4v) is 3.25. The summed E-state index contributed by atoms with van der Waals surface area (Å²) in [5, 5.41) is 0. The molecular weight excluding hydrogens is 188 g/mol. The van der Waals surface area contributed by atoms with Gasteiger partial charge in [0, 0.05) is 6.42 Å². The average Bonchev–Trinajstić information content (AvgIpc) is 2.25. The van der Waals surface area contributed by atoms with E-state index in [9.17, 15) is 4.79 Å². The fraction of sp³-hybridized carbons (Fsp3) is 0.923. The smallest absolute Gasteiger partial charge is 0.306 e. The first-order chi connectivity index (χ1) is 7.08.